The number of oxazole rings is 1. The molecular weight excluding hydrogens is 260 g/mol. The second-order valence-corrected chi connectivity index (χ2v) is 5.23. The number of hydrogen-bond donors (Lipinski definition) is 1. The topological polar surface area (TPSA) is 84.4 Å². The van der Waals surface area contributed by atoms with Crippen LogP contribution in [0, 0.1) is 16.0 Å². The third kappa shape index (κ3) is 2.57. The zero-order chi connectivity index (χ0) is 14.1. The van der Waals surface area contributed by atoms with Gasteiger partial charge in [0, 0.05) is 19.2 Å². The maximum Gasteiger partial charge on any atom is 0.295 e. The number of aromatic nitrogens is 1. The number of fused-ring (bicyclic) bond motifs is 1. The summed E-state index contributed by atoms with van der Waals surface area (Å²) in [4.78, 5) is 16.8. The molecule has 1 aromatic carbocycles. The lowest BCUT2D eigenvalue weighted by molar-refractivity contribution is -0.384. The predicted octanol–water partition coefficient (Wildman–Crippen LogP) is 2.10. The molecule has 1 aliphatic heterocycles. The van der Waals surface area contributed by atoms with Crippen LogP contribution >= 0.6 is 0 Å². The smallest absolute Gasteiger partial charge is 0.295 e. The number of anilines is 1. The van der Waals surface area contributed by atoms with Gasteiger partial charge in [0.25, 0.3) is 11.7 Å². The van der Waals surface area contributed by atoms with E-state index in [1.54, 1.807) is 6.07 Å². The Kier molecular flexibility index (Phi) is 3.27. The van der Waals surface area contributed by atoms with E-state index >= 15 is 0 Å². The molecule has 7 nitrogen and oxygen atoms in total. The Bertz CT molecular complexity index is 640. The van der Waals surface area contributed by atoms with Gasteiger partial charge < -0.3 is 14.6 Å². The van der Waals surface area contributed by atoms with Crippen molar-refractivity contribution in [2.24, 2.45) is 5.92 Å². The minimum Gasteiger partial charge on any atom is -0.423 e. The minimum absolute atomic E-state index is 0.0117. The first-order valence-corrected chi connectivity index (χ1v) is 6.59. The summed E-state index contributed by atoms with van der Waals surface area (Å²) in [5.74, 6) is 0.587. The molecule has 0 saturated carbocycles. The predicted molar refractivity (Wildman–Crippen MR) is 74.8 cm³/mol. The normalized spacial score (nSPS) is 19.6. The molecule has 2 heterocycles. The fourth-order valence-electron chi connectivity index (χ4n) is 2.53. The standard InChI is InChI=1S/C13H16N4O3/c1-16-5-4-9(8-16)7-14-13-15-11-3-2-10(17(18)19)6-12(11)20-13/h2-3,6,9H,4-5,7-8H2,1H3,(H,14,15). The Morgan fingerprint density at radius 2 is 2.45 bits per heavy atom. The molecule has 1 fully saturated rings. The number of nitro groups is 1. The molecule has 7 heteroatoms. The molecule has 1 saturated heterocycles. The summed E-state index contributed by atoms with van der Waals surface area (Å²) in [5.41, 5.74) is 1.07. The Hall–Kier alpha value is -2.15. The number of non-ortho nitro benzene ring substituents is 1. The van der Waals surface area contributed by atoms with E-state index in [0.717, 1.165) is 26.1 Å². The van der Waals surface area contributed by atoms with Crippen molar-refractivity contribution in [1.29, 1.82) is 0 Å². The van der Waals surface area contributed by atoms with Crippen LogP contribution in [0.15, 0.2) is 22.6 Å². The summed E-state index contributed by atoms with van der Waals surface area (Å²) in [6, 6.07) is 4.86. The summed E-state index contributed by atoms with van der Waals surface area (Å²) in [6.07, 6.45) is 1.16. The van der Waals surface area contributed by atoms with Gasteiger partial charge >= 0.3 is 0 Å². The summed E-state index contributed by atoms with van der Waals surface area (Å²) in [7, 11) is 2.11. The number of nitrogens with one attached hydrogen (secondary N) is 1. The second-order valence-electron chi connectivity index (χ2n) is 5.23. The fourth-order valence-corrected chi connectivity index (χ4v) is 2.53. The van der Waals surface area contributed by atoms with Gasteiger partial charge in [-0.05, 0) is 32.0 Å². The van der Waals surface area contributed by atoms with E-state index in [1.165, 1.54) is 12.1 Å². The second kappa shape index (κ2) is 5.09. The number of likely N-dealkylation sites (tertiary alicyclic amines) is 1. The van der Waals surface area contributed by atoms with Crippen molar-refractivity contribution in [3.8, 4) is 0 Å². The fraction of sp³-hybridized carbons (Fsp3) is 0.462. The lowest BCUT2D eigenvalue weighted by atomic mass is 10.1. The Morgan fingerprint density at radius 3 is 3.15 bits per heavy atom. The van der Waals surface area contributed by atoms with Gasteiger partial charge in [0.1, 0.15) is 5.52 Å². The van der Waals surface area contributed by atoms with Crippen molar-refractivity contribution < 1.29 is 9.34 Å². The summed E-state index contributed by atoms with van der Waals surface area (Å²) >= 11 is 0. The van der Waals surface area contributed by atoms with Crippen LogP contribution in [0.25, 0.3) is 11.1 Å². The van der Waals surface area contributed by atoms with E-state index in [9.17, 15) is 10.1 Å². The van der Waals surface area contributed by atoms with Crippen molar-refractivity contribution in [1.82, 2.24) is 9.88 Å². The molecule has 106 valence electrons. The van der Waals surface area contributed by atoms with Crippen molar-refractivity contribution in [2.75, 3.05) is 32.0 Å². The molecule has 3 rings (SSSR count). The number of hydrogen-bond acceptors (Lipinski definition) is 6. The first kappa shape index (κ1) is 12.9. The van der Waals surface area contributed by atoms with Crippen molar-refractivity contribution >= 4 is 22.8 Å². The molecule has 1 aromatic heterocycles. The van der Waals surface area contributed by atoms with E-state index in [0.29, 0.717) is 23.0 Å². The van der Waals surface area contributed by atoms with Crippen LogP contribution in [0.4, 0.5) is 11.7 Å². The molecule has 2 aromatic rings. The highest BCUT2D eigenvalue weighted by Crippen LogP contribution is 2.24. The zero-order valence-electron chi connectivity index (χ0n) is 11.2. The van der Waals surface area contributed by atoms with E-state index in [1.807, 2.05) is 0 Å². The number of nitro benzene ring substituents is 1. The van der Waals surface area contributed by atoms with Crippen LogP contribution < -0.4 is 5.32 Å². The quantitative estimate of drug-likeness (QED) is 0.680. The maximum atomic E-state index is 10.7. The Balaban J connectivity index is 1.71. The van der Waals surface area contributed by atoms with Crippen molar-refractivity contribution in [2.45, 2.75) is 6.42 Å². The molecular formula is C13H16N4O3. The van der Waals surface area contributed by atoms with Gasteiger partial charge in [-0.25, -0.2) is 0 Å². The molecule has 1 aliphatic rings. The van der Waals surface area contributed by atoms with Crippen molar-refractivity contribution in [3.63, 3.8) is 0 Å². The molecule has 0 amide bonds. The summed E-state index contributed by atoms with van der Waals surface area (Å²) in [6.45, 7) is 2.99. The Labute approximate surface area is 115 Å². The zero-order valence-corrected chi connectivity index (χ0v) is 11.2. The van der Waals surface area contributed by atoms with E-state index in [2.05, 4.69) is 22.2 Å². The van der Waals surface area contributed by atoms with Crippen LogP contribution in [-0.4, -0.2) is 41.5 Å². The summed E-state index contributed by atoms with van der Waals surface area (Å²) < 4.78 is 5.51. The molecule has 20 heavy (non-hydrogen) atoms. The van der Waals surface area contributed by atoms with E-state index < -0.39 is 4.92 Å². The van der Waals surface area contributed by atoms with Crippen molar-refractivity contribution in [3.05, 3.63) is 28.3 Å². The Morgan fingerprint density at radius 1 is 1.60 bits per heavy atom. The third-order valence-electron chi connectivity index (χ3n) is 3.61. The van der Waals surface area contributed by atoms with Crippen LogP contribution in [0.3, 0.4) is 0 Å². The van der Waals surface area contributed by atoms with Crippen LogP contribution in [0.5, 0.6) is 0 Å². The van der Waals surface area contributed by atoms with Gasteiger partial charge in [0.2, 0.25) is 0 Å². The minimum atomic E-state index is -0.441. The van der Waals surface area contributed by atoms with Crippen LogP contribution in [0.2, 0.25) is 0 Å². The average molecular weight is 276 g/mol. The average Bonchev–Trinajstić information content (AvgIpc) is 3.00. The molecule has 1 N–H and O–H groups in total. The van der Waals surface area contributed by atoms with E-state index in [-0.39, 0.29) is 5.69 Å². The monoisotopic (exact) mass is 276 g/mol. The first-order chi connectivity index (χ1) is 9.61. The summed E-state index contributed by atoms with van der Waals surface area (Å²) in [5, 5.41) is 13.9. The van der Waals surface area contributed by atoms with Gasteiger partial charge in [-0.15, -0.1) is 0 Å². The third-order valence-corrected chi connectivity index (χ3v) is 3.61. The molecule has 0 spiro atoms. The van der Waals surface area contributed by atoms with Crippen LogP contribution in [-0.2, 0) is 0 Å². The van der Waals surface area contributed by atoms with E-state index in [4.69, 9.17) is 4.42 Å². The molecule has 1 atom stereocenters. The van der Waals surface area contributed by atoms with Gasteiger partial charge in [-0.2, -0.15) is 4.98 Å². The number of nitrogens with zero attached hydrogens (tertiary/aromatic N) is 3. The first-order valence-electron chi connectivity index (χ1n) is 6.59. The van der Waals surface area contributed by atoms with Gasteiger partial charge in [0.15, 0.2) is 5.58 Å². The highest BCUT2D eigenvalue weighted by atomic mass is 16.6. The molecule has 0 bridgehead atoms. The van der Waals surface area contributed by atoms with Crippen LogP contribution in [0.1, 0.15) is 6.42 Å². The lowest BCUT2D eigenvalue weighted by Gasteiger charge is -2.09. The SMILES string of the molecule is CN1CCC(CNc2nc3ccc([N+](=O)[O-])cc3o2)C1. The highest BCUT2D eigenvalue weighted by molar-refractivity contribution is 5.77. The van der Waals surface area contributed by atoms with Gasteiger partial charge in [-0.3, -0.25) is 10.1 Å². The number of rotatable bonds is 4. The lowest BCUT2D eigenvalue weighted by Crippen LogP contribution is -2.19. The number of benzene rings is 1. The van der Waals surface area contributed by atoms with Gasteiger partial charge in [-0.1, -0.05) is 0 Å². The highest BCUT2D eigenvalue weighted by Gasteiger charge is 2.20. The molecule has 0 radical (unpaired) electrons. The van der Waals surface area contributed by atoms with Gasteiger partial charge in [0.05, 0.1) is 11.0 Å². The largest absolute Gasteiger partial charge is 0.423 e. The molecule has 1 unspecified atom stereocenters. The maximum absolute atomic E-state index is 10.7. The molecule has 0 aliphatic carbocycles.